The first-order valence-electron chi connectivity index (χ1n) is 9.78. The number of amides is 1. The molecule has 2 saturated heterocycles. The number of hydrogen-bond donors (Lipinski definition) is 1. The minimum absolute atomic E-state index is 0.0507. The summed E-state index contributed by atoms with van der Waals surface area (Å²) in [5.41, 5.74) is 1.38. The van der Waals surface area contributed by atoms with E-state index in [0.717, 1.165) is 18.7 Å². The second kappa shape index (κ2) is 8.72. The zero-order chi connectivity index (χ0) is 19.3. The molecule has 0 atom stereocenters. The summed E-state index contributed by atoms with van der Waals surface area (Å²) in [6.45, 7) is 6.14. The zero-order valence-corrected chi connectivity index (χ0v) is 15.9. The van der Waals surface area contributed by atoms with Crippen molar-refractivity contribution in [2.45, 2.75) is 0 Å². The lowest BCUT2D eigenvalue weighted by atomic mass is 10.1. The lowest BCUT2D eigenvalue weighted by Crippen LogP contribution is -2.49. The molecule has 8 nitrogen and oxygen atoms in total. The predicted octanol–water partition coefficient (Wildman–Crippen LogP) is 0.928. The normalized spacial score (nSPS) is 18.5. The fraction of sp³-hybridized carbons (Fsp3) is 0.500. The Labute approximate surface area is 164 Å². The first kappa shape index (κ1) is 18.9. The summed E-state index contributed by atoms with van der Waals surface area (Å²) in [7, 11) is 0. The van der Waals surface area contributed by atoms with Crippen molar-refractivity contribution >= 4 is 11.7 Å². The molecule has 2 fully saturated rings. The van der Waals surface area contributed by atoms with E-state index in [1.165, 1.54) is 0 Å². The van der Waals surface area contributed by atoms with Crippen LogP contribution >= 0.6 is 0 Å². The molecule has 8 heteroatoms. The van der Waals surface area contributed by atoms with Gasteiger partial charge in [-0.2, -0.15) is 0 Å². The van der Waals surface area contributed by atoms with Crippen LogP contribution in [0.1, 0.15) is 10.4 Å². The molecule has 0 bridgehead atoms. The van der Waals surface area contributed by atoms with Crippen LogP contribution in [0, 0.1) is 0 Å². The average molecular weight is 386 g/mol. The van der Waals surface area contributed by atoms with Gasteiger partial charge in [-0.25, -0.2) is 0 Å². The van der Waals surface area contributed by atoms with Crippen molar-refractivity contribution in [2.75, 3.05) is 70.5 Å². The molecule has 1 amide bonds. The maximum atomic E-state index is 13.5. The maximum absolute atomic E-state index is 13.5. The van der Waals surface area contributed by atoms with Crippen molar-refractivity contribution in [1.29, 1.82) is 0 Å². The summed E-state index contributed by atoms with van der Waals surface area (Å²) >= 11 is 0. The number of carbonyl (C=O) groups excluding carboxylic acids is 1. The van der Waals surface area contributed by atoms with Crippen LogP contribution in [0.3, 0.4) is 0 Å². The summed E-state index contributed by atoms with van der Waals surface area (Å²) in [4.78, 5) is 19.6. The minimum Gasteiger partial charge on any atom is -0.395 e. The molecule has 0 radical (unpaired) electrons. The van der Waals surface area contributed by atoms with Gasteiger partial charge in [-0.05, 0) is 0 Å². The Hall–Kier alpha value is -2.42. The van der Waals surface area contributed by atoms with Gasteiger partial charge >= 0.3 is 0 Å². The highest BCUT2D eigenvalue weighted by molar-refractivity contribution is 6.04. The Kier molecular flexibility index (Phi) is 5.90. The molecule has 2 aliphatic rings. The molecule has 1 N–H and O–H groups in total. The van der Waals surface area contributed by atoms with E-state index in [9.17, 15) is 4.79 Å². The smallest absolute Gasteiger partial charge is 0.261 e. The molecule has 0 unspecified atom stereocenters. The van der Waals surface area contributed by atoms with E-state index in [4.69, 9.17) is 14.4 Å². The standard InChI is InChI=1S/C20H26N4O4/c25-13-10-22-6-8-24(9-7-22)20(26)17-18(16-4-2-1-3-5-16)28-21-19(17)23-11-14-27-15-12-23/h1-5,25H,6-15H2. The van der Waals surface area contributed by atoms with E-state index in [-0.39, 0.29) is 12.5 Å². The number of aliphatic hydroxyl groups is 1. The van der Waals surface area contributed by atoms with Gasteiger partial charge in [-0.15, -0.1) is 0 Å². The van der Waals surface area contributed by atoms with Crippen LogP contribution in [0.5, 0.6) is 0 Å². The summed E-state index contributed by atoms with van der Waals surface area (Å²) in [5.74, 6) is 1.07. The molecule has 0 spiro atoms. The number of aromatic nitrogens is 1. The molecule has 0 aliphatic carbocycles. The summed E-state index contributed by atoms with van der Waals surface area (Å²) in [6, 6.07) is 9.64. The number of piperazine rings is 1. The molecule has 28 heavy (non-hydrogen) atoms. The van der Waals surface area contributed by atoms with Gasteiger partial charge in [0.25, 0.3) is 5.91 Å². The Morgan fingerprint density at radius 3 is 2.43 bits per heavy atom. The largest absolute Gasteiger partial charge is 0.395 e. The molecular weight excluding hydrogens is 360 g/mol. The quantitative estimate of drug-likeness (QED) is 0.819. The molecule has 3 heterocycles. The van der Waals surface area contributed by atoms with E-state index in [1.807, 2.05) is 35.2 Å². The number of morpholine rings is 1. The highest BCUT2D eigenvalue weighted by Crippen LogP contribution is 2.33. The maximum Gasteiger partial charge on any atom is 0.261 e. The molecule has 2 aromatic rings. The summed E-state index contributed by atoms with van der Waals surface area (Å²) in [5, 5.41) is 13.4. The van der Waals surface area contributed by atoms with Crippen molar-refractivity contribution in [2.24, 2.45) is 0 Å². The van der Waals surface area contributed by atoms with Crippen LogP contribution in [0.15, 0.2) is 34.9 Å². The topological polar surface area (TPSA) is 82.3 Å². The van der Waals surface area contributed by atoms with Gasteiger partial charge in [0.05, 0.1) is 19.8 Å². The van der Waals surface area contributed by atoms with Crippen LogP contribution < -0.4 is 4.90 Å². The van der Waals surface area contributed by atoms with Gasteiger partial charge in [0.15, 0.2) is 11.6 Å². The number of aliphatic hydroxyl groups excluding tert-OH is 1. The SMILES string of the molecule is O=C(c1c(N2CCOCC2)noc1-c1ccccc1)N1CCN(CCO)CC1. The first-order chi connectivity index (χ1) is 13.8. The van der Waals surface area contributed by atoms with E-state index in [2.05, 4.69) is 15.0 Å². The van der Waals surface area contributed by atoms with Gasteiger partial charge in [-0.3, -0.25) is 9.69 Å². The Balaban J connectivity index is 1.63. The lowest BCUT2D eigenvalue weighted by molar-refractivity contribution is 0.0615. The number of anilines is 1. The van der Waals surface area contributed by atoms with Crippen molar-refractivity contribution in [3.05, 3.63) is 35.9 Å². The Morgan fingerprint density at radius 2 is 1.75 bits per heavy atom. The monoisotopic (exact) mass is 386 g/mol. The third-order valence-corrected chi connectivity index (χ3v) is 5.31. The molecule has 4 rings (SSSR count). The van der Waals surface area contributed by atoms with Crippen LogP contribution in [-0.4, -0.2) is 91.6 Å². The van der Waals surface area contributed by atoms with Crippen molar-refractivity contribution in [1.82, 2.24) is 15.0 Å². The number of nitrogens with zero attached hydrogens (tertiary/aromatic N) is 4. The average Bonchev–Trinajstić information content (AvgIpc) is 3.20. The first-order valence-corrected chi connectivity index (χ1v) is 9.78. The number of hydrogen-bond acceptors (Lipinski definition) is 7. The summed E-state index contributed by atoms with van der Waals surface area (Å²) in [6.07, 6.45) is 0. The zero-order valence-electron chi connectivity index (χ0n) is 15.9. The van der Waals surface area contributed by atoms with Gasteiger partial charge < -0.3 is 24.2 Å². The van der Waals surface area contributed by atoms with Gasteiger partial charge in [0.1, 0.15) is 5.56 Å². The van der Waals surface area contributed by atoms with Crippen LogP contribution in [0.4, 0.5) is 5.82 Å². The second-order valence-corrected chi connectivity index (χ2v) is 7.03. The van der Waals surface area contributed by atoms with Crippen molar-refractivity contribution < 1.29 is 19.2 Å². The number of benzene rings is 1. The second-order valence-electron chi connectivity index (χ2n) is 7.03. The van der Waals surface area contributed by atoms with Gasteiger partial charge in [0, 0.05) is 51.4 Å². The Bertz CT molecular complexity index is 781. The number of carbonyl (C=O) groups is 1. The van der Waals surface area contributed by atoms with Gasteiger partial charge in [-0.1, -0.05) is 35.5 Å². The van der Waals surface area contributed by atoms with Crippen molar-refractivity contribution in [3.63, 3.8) is 0 Å². The van der Waals surface area contributed by atoms with Crippen molar-refractivity contribution in [3.8, 4) is 11.3 Å². The highest BCUT2D eigenvalue weighted by atomic mass is 16.5. The fourth-order valence-electron chi connectivity index (χ4n) is 3.73. The third-order valence-electron chi connectivity index (χ3n) is 5.31. The molecule has 0 saturated carbocycles. The third kappa shape index (κ3) is 3.89. The Morgan fingerprint density at radius 1 is 1.04 bits per heavy atom. The van der Waals surface area contributed by atoms with E-state index < -0.39 is 0 Å². The number of ether oxygens (including phenoxy) is 1. The molecular formula is C20H26N4O4. The number of β-amino-alcohol motifs (C(OH)–C–C–N with tert-alkyl or cyclic N) is 1. The molecule has 150 valence electrons. The van der Waals surface area contributed by atoms with Crippen LogP contribution in [-0.2, 0) is 4.74 Å². The van der Waals surface area contributed by atoms with E-state index >= 15 is 0 Å². The molecule has 1 aromatic heterocycles. The molecule has 2 aliphatic heterocycles. The lowest BCUT2D eigenvalue weighted by Gasteiger charge is -2.35. The summed E-state index contributed by atoms with van der Waals surface area (Å²) < 4.78 is 11.1. The van der Waals surface area contributed by atoms with Crippen LogP contribution in [0.2, 0.25) is 0 Å². The predicted molar refractivity (Wildman–Crippen MR) is 104 cm³/mol. The highest BCUT2D eigenvalue weighted by Gasteiger charge is 2.32. The fourth-order valence-corrected chi connectivity index (χ4v) is 3.73. The van der Waals surface area contributed by atoms with Crippen LogP contribution in [0.25, 0.3) is 11.3 Å². The number of rotatable bonds is 5. The minimum atomic E-state index is -0.0507. The van der Waals surface area contributed by atoms with E-state index in [0.29, 0.717) is 63.1 Å². The van der Waals surface area contributed by atoms with Gasteiger partial charge in [0.2, 0.25) is 0 Å². The van der Waals surface area contributed by atoms with E-state index in [1.54, 1.807) is 0 Å². The molecule has 1 aromatic carbocycles.